The van der Waals surface area contributed by atoms with E-state index in [1.807, 2.05) is 13.8 Å². The Hall–Kier alpha value is -2.76. The molecule has 24 heavy (non-hydrogen) atoms. The molecule has 1 aliphatic rings. The van der Waals surface area contributed by atoms with E-state index in [0.29, 0.717) is 16.7 Å². The fourth-order valence-corrected chi connectivity index (χ4v) is 2.61. The van der Waals surface area contributed by atoms with Crippen LogP contribution in [0.2, 0.25) is 0 Å². The summed E-state index contributed by atoms with van der Waals surface area (Å²) in [7, 11) is 2.58. The molecule has 1 aliphatic heterocycles. The standard InChI is InChI=1S/C18H21NO5/c1-11(2)19-9-14(17(21)23-3)16(15(10-19)18(22)24-4)12-6-5-7-13(20)8-12/h5-11,16,20H,1-4H3. The van der Waals surface area contributed by atoms with Gasteiger partial charge in [-0.3, -0.25) is 0 Å². The van der Waals surface area contributed by atoms with Crippen molar-refractivity contribution in [3.63, 3.8) is 0 Å². The lowest BCUT2D eigenvalue weighted by Gasteiger charge is -2.32. The van der Waals surface area contributed by atoms with Gasteiger partial charge in [0, 0.05) is 18.4 Å². The van der Waals surface area contributed by atoms with E-state index in [-0.39, 0.29) is 11.8 Å². The average molecular weight is 331 g/mol. The van der Waals surface area contributed by atoms with E-state index in [1.165, 1.54) is 26.4 Å². The second kappa shape index (κ2) is 7.21. The fraction of sp³-hybridized carbons (Fsp3) is 0.333. The number of rotatable bonds is 4. The molecule has 1 N–H and O–H groups in total. The van der Waals surface area contributed by atoms with Crippen LogP contribution in [-0.2, 0) is 19.1 Å². The van der Waals surface area contributed by atoms with Crippen molar-refractivity contribution in [1.29, 1.82) is 0 Å². The first kappa shape index (κ1) is 17.6. The highest BCUT2D eigenvalue weighted by Gasteiger charge is 2.35. The predicted molar refractivity (Wildman–Crippen MR) is 88.0 cm³/mol. The molecule has 0 unspecified atom stereocenters. The molecule has 0 radical (unpaired) electrons. The Morgan fingerprint density at radius 2 is 1.62 bits per heavy atom. The maximum atomic E-state index is 12.3. The maximum absolute atomic E-state index is 12.3. The highest BCUT2D eigenvalue weighted by atomic mass is 16.5. The second-order valence-corrected chi connectivity index (χ2v) is 5.72. The molecule has 0 atom stereocenters. The molecule has 1 aromatic rings. The summed E-state index contributed by atoms with van der Waals surface area (Å²) in [6.07, 6.45) is 3.33. The lowest BCUT2D eigenvalue weighted by atomic mass is 9.83. The van der Waals surface area contributed by atoms with Crippen LogP contribution < -0.4 is 0 Å². The molecule has 128 valence electrons. The van der Waals surface area contributed by atoms with Crippen molar-refractivity contribution < 1.29 is 24.2 Å². The quantitative estimate of drug-likeness (QED) is 0.853. The highest BCUT2D eigenvalue weighted by Crippen LogP contribution is 2.38. The number of benzene rings is 1. The summed E-state index contributed by atoms with van der Waals surface area (Å²) >= 11 is 0. The zero-order valence-electron chi connectivity index (χ0n) is 14.1. The van der Waals surface area contributed by atoms with E-state index in [0.717, 1.165) is 0 Å². The van der Waals surface area contributed by atoms with Crippen LogP contribution in [0.3, 0.4) is 0 Å². The molecule has 0 fully saturated rings. The number of carbonyl (C=O) groups excluding carboxylic acids is 2. The molecule has 6 heteroatoms. The molecule has 2 rings (SSSR count). The van der Waals surface area contributed by atoms with Gasteiger partial charge in [-0.2, -0.15) is 0 Å². The molecular formula is C18H21NO5. The van der Waals surface area contributed by atoms with Gasteiger partial charge < -0.3 is 19.5 Å². The van der Waals surface area contributed by atoms with Crippen LogP contribution >= 0.6 is 0 Å². The van der Waals surface area contributed by atoms with Crippen LogP contribution in [0.4, 0.5) is 0 Å². The summed E-state index contributed by atoms with van der Waals surface area (Å²) in [6.45, 7) is 3.87. The van der Waals surface area contributed by atoms with Crippen molar-refractivity contribution >= 4 is 11.9 Å². The zero-order chi connectivity index (χ0) is 17.9. The number of phenolic OH excluding ortho intramolecular Hbond substituents is 1. The van der Waals surface area contributed by atoms with Crippen LogP contribution in [0.25, 0.3) is 0 Å². The third-order valence-electron chi connectivity index (χ3n) is 3.84. The van der Waals surface area contributed by atoms with Gasteiger partial charge in [0.25, 0.3) is 0 Å². The van der Waals surface area contributed by atoms with E-state index >= 15 is 0 Å². The number of ether oxygens (including phenoxy) is 2. The van der Waals surface area contributed by atoms with Gasteiger partial charge in [0.15, 0.2) is 0 Å². The summed E-state index contributed by atoms with van der Waals surface area (Å²) in [5, 5.41) is 9.77. The van der Waals surface area contributed by atoms with Crippen molar-refractivity contribution in [2.75, 3.05) is 14.2 Å². The van der Waals surface area contributed by atoms with Gasteiger partial charge in [0.1, 0.15) is 5.75 Å². The third kappa shape index (κ3) is 3.42. The van der Waals surface area contributed by atoms with E-state index in [1.54, 1.807) is 29.4 Å². The van der Waals surface area contributed by atoms with Crippen LogP contribution in [0.5, 0.6) is 5.75 Å². The summed E-state index contributed by atoms with van der Waals surface area (Å²) in [5.74, 6) is -1.70. The second-order valence-electron chi connectivity index (χ2n) is 5.72. The molecule has 1 heterocycles. The Bertz CT molecular complexity index is 671. The Morgan fingerprint density at radius 3 is 2.04 bits per heavy atom. The van der Waals surface area contributed by atoms with Gasteiger partial charge in [-0.25, -0.2) is 9.59 Å². The minimum absolute atomic E-state index is 0.0365. The number of carbonyl (C=O) groups is 2. The molecule has 6 nitrogen and oxygen atoms in total. The first-order valence-corrected chi connectivity index (χ1v) is 7.55. The number of aromatic hydroxyl groups is 1. The molecule has 1 aromatic carbocycles. The number of hydrogen-bond acceptors (Lipinski definition) is 6. The van der Waals surface area contributed by atoms with E-state index in [2.05, 4.69) is 0 Å². The highest BCUT2D eigenvalue weighted by molar-refractivity contribution is 5.98. The Labute approximate surface area is 141 Å². The molecule has 0 spiro atoms. The van der Waals surface area contributed by atoms with Gasteiger partial charge in [0.05, 0.1) is 31.3 Å². The van der Waals surface area contributed by atoms with Crippen LogP contribution in [0.1, 0.15) is 25.3 Å². The molecule has 0 saturated heterocycles. The Morgan fingerprint density at radius 1 is 1.08 bits per heavy atom. The maximum Gasteiger partial charge on any atom is 0.336 e. The first-order valence-electron chi connectivity index (χ1n) is 7.55. The van der Waals surface area contributed by atoms with Crippen molar-refractivity contribution in [3.8, 4) is 5.75 Å². The van der Waals surface area contributed by atoms with Crippen molar-refractivity contribution in [2.24, 2.45) is 0 Å². The number of esters is 2. The molecular weight excluding hydrogens is 310 g/mol. The van der Waals surface area contributed by atoms with Gasteiger partial charge in [-0.05, 0) is 31.5 Å². The van der Waals surface area contributed by atoms with Crippen molar-refractivity contribution in [3.05, 3.63) is 53.4 Å². The molecule has 0 saturated carbocycles. The molecule has 0 amide bonds. The lowest BCUT2D eigenvalue weighted by Crippen LogP contribution is -2.31. The Kier molecular flexibility index (Phi) is 5.28. The average Bonchev–Trinajstić information content (AvgIpc) is 2.58. The SMILES string of the molecule is COC(=O)C1=CN(C(C)C)C=C(C(=O)OC)C1c1cccc(O)c1. The lowest BCUT2D eigenvalue weighted by molar-refractivity contribution is -0.137. The predicted octanol–water partition coefficient (Wildman–Crippen LogP) is 2.31. The molecule has 0 aromatic heterocycles. The zero-order valence-corrected chi connectivity index (χ0v) is 14.1. The first-order chi connectivity index (χ1) is 11.4. The number of phenols is 1. The topological polar surface area (TPSA) is 76.1 Å². The van der Waals surface area contributed by atoms with Crippen LogP contribution in [0, 0.1) is 0 Å². The Balaban J connectivity index is 2.63. The summed E-state index contributed by atoms with van der Waals surface area (Å²) in [4.78, 5) is 26.4. The minimum atomic E-state index is -0.674. The number of nitrogens with zero attached hydrogens (tertiary/aromatic N) is 1. The normalized spacial score (nSPS) is 15.0. The third-order valence-corrected chi connectivity index (χ3v) is 3.84. The van der Waals surface area contributed by atoms with Gasteiger partial charge in [-0.1, -0.05) is 12.1 Å². The summed E-state index contributed by atoms with van der Waals surface area (Å²) < 4.78 is 9.77. The van der Waals surface area contributed by atoms with E-state index in [9.17, 15) is 14.7 Å². The van der Waals surface area contributed by atoms with Crippen molar-refractivity contribution in [2.45, 2.75) is 25.8 Å². The summed E-state index contributed by atoms with van der Waals surface area (Å²) in [6, 6.07) is 6.47. The van der Waals surface area contributed by atoms with Gasteiger partial charge in [-0.15, -0.1) is 0 Å². The fourth-order valence-electron chi connectivity index (χ4n) is 2.61. The largest absolute Gasteiger partial charge is 0.508 e. The van der Waals surface area contributed by atoms with Crippen LogP contribution in [-0.4, -0.2) is 42.2 Å². The summed E-state index contributed by atoms with van der Waals surface area (Å²) in [5.41, 5.74) is 1.21. The monoisotopic (exact) mass is 331 g/mol. The minimum Gasteiger partial charge on any atom is -0.508 e. The van der Waals surface area contributed by atoms with Crippen molar-refractivity contribution in [1.82, 2.24) is 4.90 Å². The molecule has 0 bridgehead atoms. The van der Waals surface area contributed by atoms with Crippen LogP contribution in [0.15, 0.2) is 47.8 Å². The number of hydrogen-bond donors (Lipinski definition) is 1. The van der Waals surface area contributed by atoms with E-state index < -0.39 is 17.9 Å². The molecule has 0 aliphatic carbocycles. The van der Waals surface area contributed by atoms with E-state index in [4.69, 9.17) is 9.47 Å². The van der Waals surface area contributed by atoms with Gasteiger partial charge in [0.2, 0.25) is 0 Å². The van der Waals surface area contributed by atoms with Gasteiger partial charge >= 0.3 is 11.9 Å². The number of methoxy groups -OCH3 is 2. The smallest absolute Gasteiger partial charge is 0.336 e.